The lowest BCUT2D eigenvalue weighted by Crippen LogP contribution is -2.40. The SMILES string of the molecule is Cc1cncc(C2CCCN(C(=O)Cc3ccc4c(c3)CCC4)C2)n1. The summed E-state index contributed by atoms with van der Waals surface area (Å²) in [6.45, 7) is 3.59. The second-order valence-electron chi connectivity index (χ2n) is 7.40. The molecule has 1 fully saturated rings. The van der Waals surface area contributed by atoms with Crippen LogP contribution in [0.3, 0.4) is 0 Å². The third-order valence-electron chi connectivity index (χ3n) is 5.48. The molecule has 4 rings (SSSR count). The Balaban J connectivity index is 1.43. The quantitative estimate of drug-likeness (QED) is 0.865. The molecule has 0 spiro atoms. The van der Waals surface area contributed by atoms with Gasteiger partial charge in [0.15, 0.2) is 0 Å². The maximum atomic E-state index is 12.8. The monoisotopic (exact) mass is 335 g/mol. The molecule has 0 bridgehead atoms. The molecular formula is C21H25N3O. The molecule has 1 saturated heterocycles. The molecule has 2 aromatic rings. The van der Waals surface area contributed by atoms with Crippen LogP contribution in [-0.4, -0.2) is 33.9 Å². The second-order valence-corrected chi connectivity index (χ2v) is 7.40. The maximum absolute atomic E-state index is 12.8. The normalized spacial score (nSPS) is 19.7. The molecule has 1 aliphatic carbocycles. The van der Waals surface area contributed by atoms with E-state index in [1.165, 1.54) is 24.0 Å². The Kier molecular flexibility index (Phi) is 4.51. The van der Waals surface area contributed by atoms with Crippen LogP contribution in [0.5, 0.6) is 0 Å². The van der Waals surface area contributed by atoms with Crippen LogP contribution < -0.4 is 0 Å². The van der Waals surface area contributed by atoms with Crippen molar-refractivity contribution in [3.63, 3.8) is 0 Å². The predicted octanol–water partition coefficient (Wildman–Crippen LogP) is 3.22. The summed E-state index contributed by atoms with van der Waals surface area (Å²) < 4.78 is 0. The number of benzene rings is 1. The zero-order valence-electron chi connectivity index (χ0n) is 14.9. The molecule has 1 atom stereocenters. The molecule has 130 valence electrons. The van der Waals surface area contributed by atoms with E-state index in [1.807, 2.05) is 18.0 Å². The van der Waals surface area contributed by atoms with Gasteiger partial charge >= 0.3 is 0 Å². The number of rotatable bonds is 3. The average molecular weight is 335 g/mol. The van der Waals surface area contributed by atoms with E-state index in [2.05, 4.69) is 28.2 Å². The summed E-state index contributed by atoms with van der Waals surface area (Å²) in [4.78, 5) is 23.7. The molecular weight excluding hydrogens is 310 g/mol. The molecule has 2 aliphatic rings. The van der Waals surface area contributed by atoms with Gasteiger partial charge < -0.3 is 4.90 Å². The van der Waals surface area contributed by atoms with E-state index in [0.29, 0.717) is 12.3 Å². The third-order valence-corrected chi connectivity index (χ3v) is 5.48. The number of piperidine rings is 1. The Hall–Kier alpha value is -2.23. The van der Waals surface area contributed by atoms with E-state index >= 15 is 0 Å². The average Bonchev–Trinajstić information content (AvgIpc) is 3.09. The van der Waals surface area contributed by atoms with Crippen molar-refractivity contribution in [3.05, 3.63) is 58.7 Å². The van der Waals surface area contributed by atoms with Gasteiger partial charge in [-0.3, -0.25) is 14.8 Å². The van der Waals surface area contributed by atoms with Crippen molar-refractivity contribution < 1.29 is 4.79 Å². The summed E-state index contributed by atoms with van der Waals surface area (Å²) in [5.74, 6) is 0.549. The zero-order chi connectivity index (χ0) is 17.2. The van der Waals surface area contributed by atoms with Crippen LogP contribution in [0.1, 0.15) is 53.3 Å². The van der Waals surface area contributed by atoms with Crippen molar-refractivity contribution in [3.8, 4) is 0 Å². The Labute approximate surface area is 149 Å². The molecule has 1 unspecified atom stereocenters. The number of fused-ring (bicyclic) bond motifs is 1. The lowest BCUT2D eigenvalue weighted by Gasteiger charge is -2.32. The van der Waals surface area contributed by atoms with Gasteiger partial charge in [-0.15, -0.1) is 0 Å². The highest BCUT2D eigenvalue weighted by atomic mass is 16.2. The molecule has 1 aromatic heterocycles. The van der Waals surface area contributed by atoms with Gasteiger partial charge in [-0.2, -0.15) is 0 Å². The summed E-state index contributed by atoms with van der Waals surface area (Å²) in [7, 11) is 0. The fourth-order valence-corrected chi connectivity index (χ4v) is 4.15. The molecule has 0 saturated carbocycles. The minimum absolute atomic E-state index is 0.239. The number of hydrogen-bond acceptors (Lipinski definition) is 3. The van der Waals surface area contributed by atoms with Gasteiger partial charge in [0.25, 0.3) is 0 Å². The van der Waals surface area contributed by atoms with Crippen molar-refractivity contribution in [1.82, 2.24) is 14.9 Å². The topological polar surface area (TPSA) is 46.1 Å². The first kappa shape index (κ1) is 16.2. The summed E-state index contributed by atoms with van der Waals surface area (Å²) in [6, 6.07) is 6.59. The van der Waals surface area contributed by atoms with E-state index in [1.54, 1.807) is 6.20 Å². The van der Waals surface area contributed by atoms with Crippen LogP contribution in [-0.2, 0) is 24.1 Å². The highest BCUT2D eigenvalue weighted by molar-refractivity contribution is 5.79. The van der Waals surface area contributed by atoms with E-state index in [-0.39, 0.29) is 5.91 Å². The van der Waals surface area contributed by atoms with Crippen LogP contribution in [0.4, 0.5) is 0 Å². The lowest BCUT2D eigenvalue weighted by molar-refractivity contribution is -0.131. The number of amides is 1. The number of carbonyl (C=O) groups excluding carboxylic acids is 1. The largest absolute Gasteiger partial charge is 0.342 e. The minimum atomic E-state index is 0.239. The Morgan fingerprint density at radius 2 is 2.08 bits per heavy atom. The third kappa shape index (κ3) is 3.58. The Morgan fingerprint density at radius 1 is 1.20 bits per heavy atom. The Bertz CT molecular complexity index is 786. The first-order chi connectivity index (χ1) is 12.2. The number of aryl methyl sites for hydroxylation is 3. The predicted molar refractivity (Wildman–Crippen MR) is 97.5 cm³/mol. The summed E-state index contributed by atoms with van der Waals surface area (Å²) >= 11 is 0. The first-order valence-corrected chi connectivity index (χ1v) is 9.36. The smallest absolute Gasteiger partial charge is 0.227 e. The Morgan fingerprint density at radius 3 is 2.96 bits per heavy atom. The van der Waals surface area contributed by atoms with Gasteiger partial charge in [-0.25, -0.2) is 0 Å². The van der Waals surface area contributed by atoms with E-state index in [0.717, 1.165) is 49.3 Å². The molecule has 25 heavy (non-hydrogen) atoms. The number of aromatic nitrogens is 2. The highest BCUT2D eigenvalue weighted by Crippen LogP contribution is 2.27. The lowest BCUT2D eigenvalue weighted by atomic mass is 9.94. The number of likely N-dealkylation sites (tertiary alicyclic amines) is 1. The first-order valence-electron chi connectivity index (χ1n) is 9.36. The molecule has 1 aliphatic heterocycles. The van der Waals surface area contributed by atoms with Gasteiger partial charge in [0.1, 0.15) is 0 Å². The van der Waals surface area contributed by atoms with Gasteiger partial charge in [0.2, 0.25) is 5.91 Å². The molecule has 4 heteroatoms. The molecule has 4 nitrogen and oxygen atoms in total. The van der Waals surface area contributed by atoms with Crippen LogP contribution in [0.25, 0.3) is 0 Å². The van der Waals surface area contributed by atoms with E-state index < -0.39 is 0 Å². The van der Waals surface area contributed by atoms with Crippen LogP contribution in [0.2, 0.25) is 0 Å². The summed E-state index contributed by atoms with van der Waals surface area (Å²) in [5.41, 5.74) is 6.03. The van der Waals surface area contributed by atoms with Crippen molar-refractivity contribution in [2.75, 3.05) is 13.1 Å². The van der Waals surface area contributed by atoms with Gasteiger partial charge in [-0.05, 0) is 55.7 Å². The van der Waals surface area contributed by atoms with Crippen molar-refractivity contribution in [2.45, 2.75) is 51.4 Å². The molecule has 2 heterocycles. The van der Waals surface area contributed by atoms with Gasteiger partial charge in [0, 0.05) is 31.4 Å². The molecule has 0 radical (unpaired) electrons. The van der Waals surface area contributed by atoms with Crippen LogP contribution >= 0.6 is 0 Å². The number of hydrogen-bond donors (Lipinski definition) is 0. The fraction of sp³-hybridized carbons (Fsp3) is 0.476. The van der Waals surface area contributed by atoms with Crippen LogP contribution in [0.15, 0.2) is 30.6 Å². The van der Waals surface area contributed by atoms with E-state index in [9.17, 15) is 4.79 Å². The van der Waals surface area contributed by atoms with Crippen molar-refractivity contribution >= 4 is 5.91 Å². The maximum Gasteiger partial charge on any atom is 0.227 e. The van der Waals surface area contributed by atoms with Gasteiger partial charge in [-0.1, -0.05) is 18.2 Å². The van der Waals surface area contributed by atoms with Crippen LogP contribution in [0, 0.1) is 6.92 Å². The standard InChI is InChI=1S/C21H25N3O/c1-15-12-22-13-20(23-15)19-6-3-9-24(14-19)21(25)11-16-7-8-17-4-2-5-18(17)10-16/h7-8,10,12-13,19H,2-6,9,11,14H2,1H3. The van der Waals surface area contributed by atoms with E-state index in [4.69, 9.17) is 0 Å². The minimum Gasteiger partial charge on any atom is -0.342 e. The summed E-state index contributed by atoms with van der Waals surface area (Å²) in [5, 5.41) is 0. The number of nitrogens with zero attached hydrogens (tertiary/aromatic N) is 3. The molecule has 0 N–H and O–H groups in total. The van der Waals surface area contributed by atoms with Crippen molar-refractivity contribution in [2.24, 2.45) is 0 Å². The van der Waals surface area contributed by atoms with Gasteiger partial charge in [0.05, 0.1) is 17.8 Å². The zero-order valence-corrected chi connectivity index (χ0v) is 14.9. The molecule has 1 amide bonds. The second kappa shape index (κ2) is 6.95. The summed E-state index contributed by atoms with van der Waals surface area (Å²) in [6.07, 6.45) is 9.87. The highest BCUT2D eigenvalue weighted by Gasteiger charge is 2.26. The van der Waals surface area contributed by atoms with Crippen molar-refractivity contribution in [1.29, 1.82) is 0 Å². The number of carbonyl (C=O) groups is 1. The fourth-order valence-electron chi connectivity index (χ4n) is 4.15. The molecule has 1 aromatic carbocycles.